The number of rotatable bonds is 3. The molecule has 0 aliphatic carbocycles. The van der Waals surface area contributed by atoms with Gasteiger partial charge in [-0.3, -0.25) is 10.1 Å². The normalized spacial score (nSPS) is 17.4. The molecule has 1 aromatic rings. The van der Waals surface area contributed by atoms with E-state index in [1.165, 1.54) is 5.01 Å². The Morgan fingerprint density at radius 2 is 2.25 bits per heavy atom. The first-order chi connectivity index (χ1) is 7.70. The van der Waals surface area contributed by atoms with Gasteiger partial charge in [0.15, 0.2) is 5.69 Å². The van der Waals surface area contributed by atoms with Crippen LogP contribution >= 0.6 is 0 Å². The zero-order valence-electron chi connectivity index (χ0n) is 8.59. The Morgan fingerprint density at radius 1 is 1.56 bits per heavy atom. The summed E-state index contributed by atoms with van der Waals surface area (Å²) >= 11 is 0. The van der Waals surface area contributed by atoms with Crippen molar-refractivity contribution in [2.24, 2.45) is 5.29 Å². The van der Waals surface area contributed by atoms with Crippen LogP contribution in [0.2, 0.25) is 0 Å². The van der Waals surface area contributed by atoms with Crippen molar-refractivity contribution in [3.05, 3.63) is 22.4 Å². The molecular weight excluding hydrogens is 212 g/mol. The summed E-state index contributed by atoms with van der Waals surface area (Å²) in [5.41, 5.74) is 0.855. The highest BCUT2D eigenvalue weighted by atomic mass is 16.4. The summed E-state index contributed by atoms with van der Waals surface area (Å²) < 4.78 is 0. The van der Waals surface area contributed by atoms with Crippen molar-refractivity contribution < 1.29 is 9.90 Å². The van der Waals surface area contributed by atoms with Crippen molar-refractivity contribution in [3.63, 3.8) is 0 Å². The van der Waals surface area contributed by atoms with Gasteiger partial charge in [-0.15, -0.1) is 4.91 Å². The first-order valence-corrected chi connectivity index (χ1v) is 5.07. The molecule has 2 heterocycles. The molecule has 2 rings (SSSR count). The molecule has 7 heteroatoms. The molecule has 1 aliphatic heterocycles. The molecule has 0 radical (unpaired) electrons. The van der Waals surface area contributed by atoms with Crippen LogP contribution in [-0.2, 0) is 0 Å². The maximum Gasteiger partial charge on any atom is 0.356 e. The third-order valence-corrected chi connectivity index (χ3v) is 2.84. The number of carboxylic acid groups (broad SMARTS) is 1. The van der Waals surface area contributed by atoms with E-state index in [1.54, 1.807) is 6.07 Å². The molecule has 0 bridgehead atoms. The molecule has 0 amide bonds. The van der Waals surface area contributed by atoms with Crippen LogP contribution in [-0.4, -0.2) is 39.4 Å². The van der Waals surface area contributed by atoms with Gasteiger partial charge in [0.1, 0.15) is 0 Å². The van der Waals surface area contributed by atoms with Gasteiger partial charge in [-0.1, -0.05) is 0 Å². The van der Waals surface area contributed by atoms with Gasteiger partial charge in [-0.05, 0) is 18.9 Å². The van der Waals surface area contributed by atoms with Crippen molar-refractivity contribution in [1.82, 2.24) is 15.2 Å². The van der Waals surface area contributed by atoms with Gasteiger partial charge in [0, 0.05) is 24.7 Å². The van der Waals surface area contributed by atoms with E-state index in [2.05, 4.69) is 15.5 Å². The number of aromatic carboxylic acids is 1. The molecule has 1 aliphatic rings. The lowest BCUT2D eigenvalue weighted by Gasteiger charge is -2.26. The molecule has 2 N–H and O–H groups in total. The molecule has 7 nitrogen and oxygen atoms in total. The van der Waals surface area contributed by atoms with Crippen LogP contribution in [0.15, 0.2) is 11.4 Å². The Morgan fingerprint density at radius 3 is 2.75 bits per heavy atom. The first kappa shape index (κ1) is 10.6. The monoisotopic (exact) mass is 224 g/mol. The second-order valence-electron chi connectivity index (χ2n) is 3.82. The van der Waals surface area contributed by atoms with Gasteiger partial charge in [-0.25, -0.2) is 4.79 Å². The fraction of sp³-hybridized carbons (Fsp3) is 0.556. The van der Waals surface area contributed by atoms with Crippen LogP contribution in [0.3, 0.4) is 0 Å². The van der Waals surface area contributed by atoms with Gasteiger partial charge in [0.25, 0.3) is 0 Å². The third-order valence-electron chi connectivity index (χ3n) is 2.84. The van der Waals surface area contributed by atoms with E-state index < -0.39 is 5.97 Å². The van der Waals surface area contributed by atoms with Gasteiger partial charge in [0.05, 0.1) is 5.29 Å². The lowest BCUT2D eigenvalue weighted by Crippen LogP contribution is -2.28. The number of hydrogen-bond acceptors (Lipinski definition) is 4. The summed E-state index contributed by atoms with van der Waals surface area (Å²) in [6.45, 7) is 1.21. The van der Waals surface area contributed by atoms with Crippen molar-refractivity contribution in [2.45, 2.75) is 18.8 Å². The molecule has 1 saturated heterocycles. The van der Waals surface area contributed by atoms with E-state index in [1.807, 2.05) is 0 Å². The Bertz CT molecular complexity index is 395. The maximum atomic E-state index is 10.6. The zero-order valence-corrected chi connectivity index (χ0v) is 8.59. The van der Waals surface area contributed by atoms with E-state index in [4.69, 9.17) is 5.11 Å². The van der Waals surface area contributed by atoms with Crippen LogP contribution in [0.4, 0.5) is 0 Å². The van der Waals surface area contributed by atoms with E-state index in [-0.39, 0.29) is 11.6 Å². The Labute approximate surface area is 91.4 Å². The second-order valence-corrected chi connectivity index (χ2v) is 3.82. The molecule has 86 valence electrons. The lowest BCUT2D eigenvalue weighted by molar-refractivity contribution is 0.0690. The van der Waals surface area contributed by atoms with Gasteiger partial charge >= 0.3 is 5.97 Å². The Kier molecular flexibility index (Phi) is 2.84. The molecule has 16 heavy (non-hydrogen) atoms. The highest BCUT2D eigenvalue weighted by Crippen LogP contribution is 2.26. The van der Waals surface area contributed by atoms with Crippen molar-refractivity contribution in [2.75, 3.05) is 13.1 Å². The van der Waals surface area contributed by atoms with Gasteiger partial charge in [-0.2, -0.15) is 5.10 Å². The standard InChI is InChI=1S/C9H12N4O3/c14-9(15)8-5-7(10-11-8)6-1-3-13(12-16)4-2-6/h5-6H,1-4H2,(H,10,11)(H,14,15). The van der Waals surface area contributed by atoms with Crippen LogP contribution in [0.5, 0.6) is 0 Å². The lowest BCUT2D eigenvalue weighted by atomic mass is 9.94. The summed E-state index contributed by atoms with van der Waals surface area (Å²) in [6.07, 6.45) is 1.57. The summed E-state index contributed by atoms with van der Waals surface area (Å²) in [6, 6.07) is 1.55. The topological polar surface area (TPSA) is 98.7 Å². The van der Waals surface area contributed by atoms with Crippen LogP contribution in [0.1, 0.15) is 34.9 Å². The molecule has 1 fully saturated rings. The average Bonchev–Trinajstić information content (AvgIpc) is 2.78. The molecule has 0 aromatic carbocycles. The summed E-state index contributed by atoms with van der Waals surface area (Å²) in [4.78, 5) is 20.9. The number of nitroso groups, excluding NO2 is 1. The summed E-state index contributed by atoms with van der Waals surface area (Å²) in [5.74, 6) is -0.798. The van der Waals surface area contributed by atoms with E-state index in [9.17, 15) is 9.70 Å². The molecule has 0 spiro atoms. The summed E-state index contributed by atoms with van der Waals surface area (Å²) in [7, 11) is 0. The van der Waals surface area contributed by atoms with E-state index in [0.717, 1.165) is 18.5 Å². The molecule has 1 aromatic heterocycles. The predicted octanol–water partition coefficient (Wildman–Crippen LogP) is 0.969. The Hall–Kier alpha value is -1.92. The van der Waals surface area contributed by atoms with E-state index >= 15 is 0 Å². The minimum atomic E-state index is -1.03. The van der Waals surface area contributed by atoms with Crippen molar-refractivity contribution in [3.8, 4) is 0 Å². The maximum absolute atomic E-state index is 10.6. The highest BCUT2D eigenvalue weighted by Gasteiger charge is 2.22. The Balaban J connectivity index is 2.02. The third kappa shape index (κ3) is 2.02. The average molecular weight is 224 g/mol. The number of piperidine rings is 1. The van der Waals surface area contributed by atoms with Gasteiger partial charge in [0.2, 0.25) is 0 Å². The molecule has 0 atom stereocenters. The van der Waals surface area contributed by atoms with E-state index in [0.29, 0.717) is 13.1 Å². The second kappa shape index (κ2) is 4.30. The molecule has 0 unspecified atom stereocenters. The number of aromatic nitrogens is 2. The predicted molar refractivity (Wildman–Crippen MR) is 54.9 cm³/mol. The number of nitrogens with one attached hydrogen (secondary N) is 1. The highest BCUT2D eigenvalue weighted by molar-refractivity contribution is 5.85. The zero-order chi connectivity index (χ0) is 11.5. The fourth-order valence-electron chi connectivity index (χ4n) is 1.91. The number of carboxylic acids is 1. The minimum Gasteiger partial charge on any atom is -0.476 e. The number of hydrogen-bond donors (Lipinski definition) is 2. The number of H-pyrrole nitrogens is 1. The quantitative estimate of drug-likeness (QED) is 0.745. The smallest absolute Gasteiger partial charge is 0.356 e. The largest absolute Gasteiger partial charge is 0.476 e. The molecule has 0 saturated carbocycles. The first-order valence-electron chi connectivity index (χ1n) is 5.07. The fourth-order valence-corrected chi connectivity index (χ4v) is 1.91. The van der Waals surface area contributed by atoms with Crippen LogP contribution < -0.4 is 0 Å². The SMILES string of the molecule is O=NN1CCC(c2cc(C(=O)O)n[nH]2)CC1. The number of nitrogens with zero attached hydrogens (tertiary/aromatic N) is 3. The van der Waals surface area contributed by atoms with Crippen molar-refractivity contribution >= 4 is 5.97 Å². The molecular formula is C9H12N4O3. The number of aromatic amines is 1. The van der Waals surface area contributed by atoms with Gasteiger partial charge < -0.3 is 5.11 Å². The summed E-state index contributed by atoms with van der Waals surface area (Å²) in [5, 5.41) is 19.5. The van der Waals surface area contributed by atoms with Crippen LogP contribution in [0, 0.1) is 4.91 Å². The minimum absolute atomic E-state index is 0.0333. The van der Waals surface area contributed by atoms with Crippen LogP contribution in [0.25, 0.3) is 0 Å². The van der Waals surface area contributed by atoms with Crippen molar-refractivity contribution in [1.29, 1.82) is 0 Å². The number of carbonyl (C=O) groups is 1.